The van der Waals surface area contributed by atoms with Gasteiger partial charge in [0.2, 0.25) is 0 Å². The number of hydrogen-bond acceptors (Lipinski definition) is 11. The van der Waals surface area contributed by atoms with Crippen molar-refractivity contribution in [2.75, 3.05) is 60.0 Å². The molecule has 29 heavy (non-hydrogen) atoms. The van der Waals surface area contributed by atoms with Gasteiger partial charge in [-0.05, 0) is 12.8 Å². The van der Waals surface area contributed by atoms with Crippen molar-refractivity contribution in [1.82, 2.24) is 0 Å². The third-order valence-electron chi connectivity index (χ3n) is 2.99. The van der Waals surface area contributed by atoms with Crippen LogP contribution in [-0.2, 0) is 14.3 Å². The van der Waals surface area contributed by atoms with Crippen molar-refractivity contribution >= 4 is 11.9 Å². The molecule has 0 radical (unpaired) electrons. The molecular formula is C17H38O12. The van der Waals surface area contributed by atoms with E-state index in [1.165, 1.54) is 7.11 Å². The van der Waals surface area contributed by atoms with Gasteiger partial charge < -0.3 is 50.7 Å². The molecule has 0 heterocycles. The first-order valence-electron chi connectivity index (χ1n) is 9.00. The second kappa shape index (κ2) is 31.3. The lowest BCUT2D eigenvalue weighted by atomic mass is 9.79. The van der Waals surface area contributed by atoms with E-state index in [0.29, 0.717) is 12.8 Å². The monoisotopic (exact) mass is 434 g/mol. The summed E-state index contributed by atoms with van der Waals surface area (Å²) in [6, 6.07) is 0. The van der Waals surface area contributed by atoms with E-state index < -0.39 is 17.8 Å². The Morgan fingerprint density at radius 2 is 0.931 bits per heavy atom. The van der Waals surface area contributed by atoms with Crippen LogP contribution in [0.2, 0.25) is 0 Å². The molecule has 1 fully saturated rings. The van der Waals surface area contributed by atoms with E-state index in [0.717, 1.165) is 12.8 Å². The minimum Gasteiger partial charge on any atom is -0.481 e. The molecule has 1 rings (SSSR count). The van der Waals surface area contributed by atoms with Crippen molar-refractivity contribution in [2.24, 2.45) is 11.8 Å². The van der Waals surface area contributed by atoms with E-state index in [4.69, 9.17) is 46.0 Å². The van der Waals surface area contributed by atoms with E-state index in [2.05, 4.69) is 4.74 Å². The second-order valence-corrected chi connectivity index (χ2v) is 5.15. The van der Waals surface area contributed by atoms with E-state index in [1.54, 1.807) is 0 Å². The number of aliphatic carboxylic acids is 1. The number of esters is 1. The summed E-state index contributed by atoms with van der Waals surface area (Å²) in [5.74, 6) is -2.24. The largest absolute Gasteiger partial charge is 0.481 e. The standard InChI is InChI=1S/C9H14O4.4C2H6O2/c1-13-9(12)7-5-3-2-4-6(7)8(10)11;4*3-1-2-4/h6-7H,2-5H2,1H3,(H,10,11);4*3-4H,1-2H2. The third-order valence-corrected chi connectivity index (χ3v) is 2.99. The number of aliphatic hydroxyl groups is 8. The lowest BCUT2D eigenvalue weighted by molar-refractivity contribution is -0.157. The highest BCUT2D eigenvalue weighted by Gasteiger charge is 2.36. The van der Waals surface area contributed by atoms with Gasteiger partial charge in [0.05, 0.1) is 71.8 Å². The number of methoxy groups -OCH3 is 1. The van der Waals surface area contributed by atoms with Crippen molar-refractivity contribution in [1.29, 1.82) is 0 Å². The van der Waals surface area contributed by atoms with Crippen molar-refractivity contribution in [2.45, 2.75) is 25.7 Å². The van der Waals surface area contributed by atoms with E-state index in [-0.39, 0.29) is 58.8 Å². The molecule has 0 amide bonds. The molecule has 178 valence electrons. The Morgan fingerprint density at radius 1 is 0.655 bits per heavy atom. The third kappa shape index (κ3) is 28.9. The zero-order valence-electron chi connectivity index (χ0n) is 16.9. The Morgan fingerprint density at radius 3 is 1.14 bits per heavy atom. The van der Waals surface area contributed by atoms with Crippen molar-refractivity contribution in [3.63, 3.8) is 0 Å². The fourth-order valence-electron chi connectivity index (χ4n) is 1.86. The van der Waals surface area contributed by atoms with Crippen LogP contribution < -0.4 is 0 Å². The molecular weight excluding hydrogens is 396 g/mol. The molecule has 0 spiro atoms. The second-order valence-electron chi connectivity index (χ2n) is 5.15. The van der Waals surface area contributed by atoms with Gasteiger partial charge in [-0.25, -0.2) is 0 Å². The molecule has 9 N–H and O–H groups in total. The summed E-state index contributed by atoms with van der Waals surface area (Å²) in [6.07, 6.45) is 3.05. The highest BCUT2D eigenvalue weighted by Crippen LogP contribution is 2.30. The normalized spacial score (nSPS) is 16.7. The van der Waals surface area contributed by atoms with Crippen LogP contribution in [-0.4, -0.2) is 118 Å². The van der Waals surface area contributed by atoms with E-state index in [1.807, 2.05) is 0 Å². The molecule has 2 atom stereocenters. The van der Waals surface area contributed by atoms with Gasteiger partial charge >= 0.3 is 11.9 Å². The summed E-state index contributed by atoms with van der Waals surface area (Å²) in [6.45, 7) is -1.00. The van der Waals surface area contributed by atoms with Crippen molar-refractivity contribution in [3.05, 3.63) is 0 Å². The smallest absolute Gasteiger partial charge is 0.309 e. The van der Waals surface area contributed by atoms with Gasteiger partial charge in [-0.15, -0.1) is 0 Å². The van der Waals surface area contributed by atoms with Crippen molar-refractivity contribution < 1.29 is 60.3 Å². The van der Waals surface area contributed by atoms with Gasteiger partial charge in [-0.1, -0.05) is 12.8 Å². The molecule has 0 bridgehead atoms. The molecule has 0 saturated heterocycles. The highest BCUT2D eigenvalue weighted by atomic mass is 16.5. The first-order chi connectivity index (χ1) is 13.8. The number of hydrogen-bond donors (Lipinski definition) is 9. The summed E-state index contributed by atoms with van der Waals surface area (Å²) in [7, 11) is 1.30. The van der Waals surface area contributed by atoms with E-state index in [9.17, 15) is 9.59 Å². The predicted molar refractivity (Wildman–Crippen MR) is 102 cm³/mol. The van der Waals surface area contributed by atoms with Gasteiger partial charge in [0, 0.05) is 0 Å². The summed E-state index contributed by atoms with van der Waals surface area (Å²) < 4.78 is 4.57. The van der Waals surface area contributed by atoms with Crippen LogP contribution in [0.3, 0.4) is 0 Å². The highest BCUT2D eigenvalue weighted by molar-refractivity contribution is 5.81. The maximum atomic E-state index is 11.2. The topological polar surface area (TPSA) is 225 Å². The minimum atomic E-state index is -0.880. The van der Waals surface area contributed by atoms with Crippen LogP contribution >= 0.6 is 0 Å². The summed E-state index contributed by atoms with van der Waals surface area (Å²) in [4.78, 5) is 22.0. The number of aliphatic hydroxyl groups excluding tert-OH is 8. The molecule has 0 aromatic carbocycles. The quantitative estimate of drug-likeness (QED) is 0.190. The molecule has 0 aromatic rings. The number of ether oxygens (including phenoxy) is 1. The van der Waals surface area contributed by atoms with Crippen LogP contribution in [0.1, 0.15) is 25.7 Å². The molecule has 1 aliphatic carbocycles. The van der Waals surface area contributed by atoms with Gasteiger partial charge in [0.1, 0.15) is 0 Å². The molecule has 0 aromatic heterocycles. The van der Waals surface area contributed by atoms with Crippen LogP contribution in [0.4, 0.5) is 0 Å². The number of carboxylic acids is 1. The molecule has 2 unspecified atom stereocenters. The van der Waals surface area contributed by atoms with Gasteiger partial charge in [-0.3, -0.25) is 9.59 Å². The molecule has 1 saturated carbocycles. The summed E-state index contributed by atoms with van der Waals surface area (Å²) >= 11 is 0. The lowest BCUT2D eigenvalue weighted by Gasteiger charge is -2.25. The fourth-order valence-corrected chi connectivity index (χ4v) is 1.86. The van der Waals surface area contributed by atoms with Crippen LogP contribution in [0.5, 0.6) is 0 Å². The van der Waals surface area contributed by atoms with Crippen LogP contribution in [0, 0.1) is 11.8 Å². The average Bonchev–Trinajstić information content (AvgIpc) is 2.78. The maximum Gasteiger partial charge on any atom is 0.309 e. The van der Waals surface area contributed by atoms with Crippen LogP contribution in [0.15, 0.2) is 0 Å². The Kier molecular flexibility index (Phi) is 37.9. The van der Waals surface area contributed by atoms with Gasteiger partial charge in [0.25, 0.3) is 0 Å². The Labute approximate surface area is 170 Å². The molecule has 12 nitrogen and oxygen atoms in total. The Bertz CT molecular complexity index is 304. The predicted octanol–water partition coefficient (Wildman–Crippen LogP) is -3.07. The molecule has 12 heteroatoms. The van der Waals surface area contributed by atoms with Gasteiger partial charge in [-0.2, -0.15) is 0 Å². The SMILES string of the molecule is COC(=O)C1CCCCC1C(=O)O.OCCO.OCCO.OCCO.OCCO. The summed E-state index contributed by atoms with van der Waals surface area (Å²) in [5, 5.41) is 69.8. The number of carbonyl (C=O) groups excluding carboxylic acids is 1. The first-order valence-corrected chi connectivity index (χ1v) is 9.00. The minimum absolute atomic E-state index is 0.125. The average molecular weight is 434 g/mol. The summed E-state index contributed by atoms with van der Waals surface area (Å²) in [5.41, 5.74) is 0. The molecule has 0 aliphatic heterocycles. The number of rotatable bonds is 6. The van der Waals surface area contributed by atoms with E-state index >= 15 is 0 Å². The number of carbonyl (C=O) groups is 2. The van der Waals surface area contributed by atoms with Crippen molar-refractivity contribution in [3.8, 4) is 0 Å². The zero-order valence-corrected chi connectivity index (χ0v) is 16.9. The lowest BCUT2D eigenvalue weighted by Crippen LogP contribution is -2.33. The van der Waals surface area contributed by atoms with Crippen LogP contribution in [0.25, 0.3) is 0 Å². The fraction of sp³-hybridized carbons (Fsp3) is 0.882. The Balaban J connectivity index is -0.000000162. The van der Waals surface area contributed by atoms with Gasteiger partial charge in [0.15, 0.2) is 0 Å². The first kappa shape index (κ1) is 35.1. The zero-order chi connectivity index (χ0) is 23.5. The number of carboxylic acid groups (broad SMARTS) is 1. The Hall–Kier alpha value is -1.38. The molecule has 1 aliphatic rings. The maximum absolute atomic E-state index is 11.2.